The Hall–Kier alpha value is -2.48. The highest BCUT2D eigenvalue weighted by Gasteiger charge is 2.25. The van der Waals surface area contributed by atoms with E-state index in [1.54, 1.807) is 41.1 Å². The van der Waals surface area contributed by atoms with Gasteiger partial charge in [0.25, 0.3) is 0 Å². The number of thiazole rings is 1. The molecule has 2 aromatic rings. The van der Waals surface area contributed by atoms with Crippen LogP contribution in [0.5, 0.6) is 0 Å². The number of nitrogens with zero attached hydrogens (tertiary/aromatic N) is 3. The smallest absolute Gasteiger partial charge is 0.409 e. The molecule has 8 heteroatoms. The molecule has 26 heavy (non-hydrogen) atoms. The number of rotatable bonds is 4. The molecule has 3 rings (SSSR count). The van der Waals surface area contributed by atoms with Crippen LogP contribution in [0, 0.1) is 5.82 Å². The number of benzene rings is 1. The maximum atomic E-state index is 13.8. The third-order valence-electron chi connectivity index (χ3n) is 4.14. The Balaban J connectivity index is 1.56. The van der Waals surface area contributed by atoms with Crippen molar-refractivity contribution in [2.75, 3.05) is 32.8 Å². The van der Waals surface area contributed by atoms with Crippen molar-refractivity contribution in [3.8, 4) is 10.6 Å². The van der Waals surface area contributed by atoms with Gasteiger partial charge in [-0.2, -0.15) is 0 Å². The molecule has 1 saturated heterocycles. The number of amides is 2. The Bertz CT molecular complexity index is 787. The number of carbonyl (C=O) groups is 2. The zero-order valence-corrected chi connectivity index (χ0v) is 15.3. The average molecular weight is 377 g/mol. The van der Waals surface area contributed by atoms with Crippen LogP contribution in [-0.2, 0) is 16.0 Å². The number of hydrogen-bond acceptors (Lipinski definition) is 5. The summed E-state index contributed by atoms with van der Waals surface area (Å²) in [6.07, 6.45) is 1.52. The quantitative estimate of drug-likeness (QED) is 0.822. The molecule has 1 aliphatic rings. The third-order valence-corrected chi connectivity index (χ3v) is 5.17. The van der Waals surface area contributed by atoms with Crippen LogP contribution < -0.4 is 0 Å². The second kappa shape index (κ2) is 8.27. The minimum Gasteiger partial charge on any atom is -0.450 e. The molecule has 1 fully saturated rings. The minimum atomic E-state index is -0.336. The highest BCUT2D eigenvalue weighted by molar-refractivity contribution is 7.15. The van der Waals surface area contributed by atoms with Crippen LogP contribution in [0.25, 0.3) is 10.6 Å². The van der Waals surface area contributed by atoms with Crippen LogP contribution >= 0.6 is 11.3 Å². The van der Waals surface area contributed by atoms with E-state index in [4.69, 9.17) is 4.74 Å². The summed E-state index contributed by atoms with van der Waals surface area (Å²) in [4.78, 5) is 32.5. The summed E-state index contributed by atoms with van der Waals surface area (Å²) in [7, 11) is 0. The van der Waals surface area contributed by atoms with E-state index in [0.717, 1.165) is 4.88 Å². The molecule has 1 aromatic heterocycles. The summed E-state index contributed by atoms with van der Waals surface area (Å²) in [6.45, 7) is 4.00. The first-order chi connectivity index (χ1) is 12.6. The predicted octanol–water partition coefficient (Wildman–Crippen LogP) is 2.79. The molecular weight excluding hydrogens is 357 g/mol. The first-order valence-corrected chi connectivity index (χ1v) is 9.29. The molecule has 0 unspecified atom stereocenters. The topological polar surface area (TPSA) is 62.7 Å². The van der Waals surface area contributed by atoms with E-state index in [2.05, 4.69) is 4.98 Å². The fraction of sp³-hybridized carbons (Fsp3) is 0.389. The van der Waals surface area contributed by atoms with E-state index in [0.29, 0.717) is 43.4 Å². The Morgan fingerprint density at radius 2 is 1.88 bits per heavy atom. The van der Waals surface area contributed by atoms with Crippen molar-refractivity contribution in [3.05, 3.63) is 41.2 Å². The van der Waals surface area contributed by atoms with Crippen LogP contribution in [0.2, 0.25) is 0 Å². The van der Waals surface area contributed by atoms with Crippen LogP contribution in [0.3, 0.4) is 0 Å². The van der Waals surface area contributed by atoms with E-state index in [1.165, 1.54) is 17.4 Å². The van der Waals surface area contributed by atoms with Crippen LogP contribution in [0.4, 0.5) is 9.18 Å². The van der Waals surface area contributed by atoms with Gasteiger partial charge in [-0.25, -0.2) is 14.2 Å². The molecule has 0 bridgehead atoms. The van der Waals surface area contributed by atoms with Crippen LogP contribution in [0.15, 0.2) is 30.5 Å². The molecule has 0 spiro atoms. The Labute approximate surface area is 155 Å². The van der Waals surface area contributed by atoms with E-state index in [9.17, 15) is 14.0 Å². The van der Waals surface area contributed by atoms with Crippen molar-refractivity contribution in [1.82, 2.24) is 14.8 Å². The largest absolute Gasteiger partial charge is 0.450 e. The van der Waals surface area contributed by atoms with E-state index >= 15 is 0 Å². The van der Waals surface area contributed by atoms with Gasteiger partial charge in [-0.1, -0.05) is 12.1 Å². The van der Waals surface area contributed by atoms with Crippen molar-refractivity contribution >= 4 is 23.3 Å². The maximum Gasteiger partial charge on any atom is 0.409 e. The Morgan fingerprint density at radius 1 is 1.19 bits per heavy atom. The number of ether oxygens (including phenoxy) is 1. The van der Waals surface area contributed by atoms with Gasteiger partial charge in [0.15, 0.2) is 0 Å². The Morgan fingerprint density at radius 3 is 2.58 bits per heavy atom. The van der Waals surface area contributed by atoms with Gasteiger partial charge in [-0.15, -0.1) is 11.3 Å². The van der Waals surface area contributed by atoms with E-state index in [-0.39, 0.29) is 24.2 Å². The molecule has 2 amide bonds. The molecule has 0 saturated carbocycles. The fourth-order valence-corrected chi connectivity index (χ4v) is 3.69. The highest BCUT2D eigenvalue weighted by atomic mass is 32.1. The van der Waals surface area contributed by atoms with E-state index in [1.807, 2.05) is 0 Å². The van der Waals surface area contributed by atoms with Gasteiger partial charge in [0.05, 0.1) is 13.0 Å². The first-order valence-electron chi connectivity index (χ1n) is 8.47. The number of carbonyl (C=O) groups excluding carboxylic acids is 2. The summed E-state index contributed by atoms with van der Waals surface area (Å²) in [5.74, 6) is -0.341. The molecule has 0 atom stereocenters. The van der Waals surface area contributed by atoms with Gasteiger partial charge in [-0.05, 0) is 19.1 Å². The van der Waals surface area contributed by atoms with Gasteiger partial charge in [0.1, 0.15) is 10.8 Å². The van der Waals surface area contributed by atoms with Crippen molar-refractivity contribution in [2.24, 2.45) is 0 Å². The number of aromatic nitrogens is 1. The lowest BCUT2D eigenvalue weighted by atomic mass is 10.2. The molecule has 1 aromatic carbocycles. The summed E-state index contributed by atoms with van der Waals surface area (Å²) in [6, 6.07) is 6.46. The van der Waals surface area contributed by atoms with Crippen molar-refractivity contribution < 1.29 is 18.7 Å². The second-order valence-corrected chi connectivity index (χ2v) is 6.97. The molecule has 138 valence electrons. The minimum absolute atomic E-state index is 0.0164. The number of halogens is 1. The second-order valence-electron chi connectivity index (χ2n) is 5.86. The molecule has 2 heterocycles. The maximum absolute atomic E-state index is 13.8. The molecule has 0 radical (unpaired) electrons. The zero-order chi connectivity index (χ0) is 18.5. The van der Waals surface area contributed by atoms with Crippen LogP contribution in [0.1, 0.15) is 11.8 Å². The first kappa shape index (κ1) is 18.3. The zero-order valence-electron chi connectivity index (χ0n) is 14.5. The number of hydrogen-bond donors (Lipinski definition) is 0. The van der Waals surface area contributed by atoms with Gasteiger partial charge in [0, 0.05) is 42.8 Å². The molecule has 0 aliphatic carbocycles. The van der Waals surface area contributed by atoms with E-state index < -0.39 is 0 Å². The lowest BCUT2D eigenvalue weighted by Gasteiger charge is -2.34. The van der Waals surface area contributed by atoms with Gasteiger partial charge in [0.2, 0.25) is 5.91 Å². The van der Waals surface area contributed by atoms with Gasteiger partial charge in [-0.3, -0.25) is 4.79 Å². The summed E-state index contributed by atoms with van der Waals surface area (Å²) < 4.78 is 18.8. The molecule has 0 N–H and O–H groups in total. The van der Waals surface area contributed by atoms with Crippen LogP contribution in [-0.4, -0.2) is 59.6 Å². The van der Waals surface area contributed by atoms with Crippen molar-refractivity contribution in [2.45, 2.75) is 13.3 Å². The van der Waals surface area contributed by atoms with Crippen molar-refractivity contribution in [3.63, 3.8) is 0 Å². The third kappa shape index (κ3) is 4.19. The lowest BCUT2D eigenvalue weighted by Crippen LogP contribution is -2.51. The Kier molecular flexibility index (Phi) is 5.82. The number of piperazine rings is 1. The molecular formula is C18H20FN3O3S. The summed E-state index contributed by atoms with van der Waals surface area (Å²) >= 11 is 1.32. The molecule has 1 aliphatic heterocycles. The lowest BCUT2D eigenvalue weighted by molar-refractivity contribution is -0.132. The van der Waals surface area contributed by atoms with Gasteiger partial charge < -0.3 is 14.5 Å². The predicted molar refractivity (Wildman–Crippen MR) is 96.4 cm³/mol. The standard InChI is InChI=1S/C18H20FN3O3S/c1-2-25-18(24)22-9-7-21(8-10-22)16(23)11-13-12-20-17(26-13)14-5-3-4-6-15(14)19/h3-6,12H,2,7-11H2,1H3. The SMILES string of the molecule is CCOC(=O)N1CCN(C(=O)Cc2cnc(-c3ccccc3F)s2)CC1. The normalized spacial score (nSPS) is 14.4. The van der Waals surface area contributed by atoms with Crippen molar-refractivity contribution in [1.29, 1.82) is 0 Å². The summed E-state index contributed by atoms with van der Waals surface area (Å²) in [5.41, 5.74) is 0.444. The molecule has 6 nitrogen and oxygen atoms in total. The average Bonchev–Trinajstić information content (AvgIpc) is 3.10. The summed E-state index contributed by atoms with van der Waals surface area (Å²) in [5, 5.41) is 0.568. The van der Waals surface area contributed by atoms with Gasteiger partial charge >= 0.3 is 6.09 Å². The fourth-order valence-electron chi connectivity index (χ4n) is 2.76. The monoisotopic (exact) mass is 377 g/mol. The highest BCUT2D eigenvalue weighted by Crippen LogP contribution is 2.27.